The summed E-state index contributed by atoms with van der Waals surface area (Å²) in [4.78, 5) is 24.2. The monoisotopic (exact) mass is 420 g/mol. The predicted molar refractivity (Wildman–Crippen MR) is 98.2 cm³/mol. The molecule has 0 saturated carbocycles. The Labute approximate surface area is 167 Å². The van der Waals surface area contributed by atoms with Gasteiger partial charge in [-0.05, 0) is 56.7 Å². The Bertz CT molecular complexity index is 684. The molecule has 6 nitrogen and oxygen atoms in total. The molecular weight excluding hydrogens is 393 g/mol. The van der Waals surface area contributed by atoms with Crippen molar-refractivity contribution in [3.63, 3.8) is 0 Å². The van der Waals surface area contributed by atoms with E-state index in [2.05, 4.69) is 4.74 Å². The van der Waals surface area contributed by atoms with Crippen LogP contribution in [0.4, 0.5) is 13.2 Å². The maximum atomic E-state index is 12.4. The lowest BCUT2D eigenvalue weighted by atomic mass is 9.76. The smallest absolute Gasteiger partial charge is 0.481 e. The number of benzene rings is 1. The Morgan fingerprint density at radius 3 is 2.03 bits per heavy atom. The molecule has 0 amide bonds. The molecular formula is C20H27F3O6. The van der Waals surface area contributed by atoms with Crippen molar-refractivity contribution in [1.29, 1.82) is 0 Å². The Balaban J connectivity index is 2.84. The van der Waals surface area contributed by atoms with Crippen molar-refractivity contribution in [2.24, 2.45) is 11.8 Å². The summed E-state index contributed by atoms with van der Waals surface area (Å²) in [5.74, 6) is -4.75. The minimum absolute atomic E-state index is 0.0159. The normalized spacial score (nSPS) is 15.1. The molecule has 0 fully saturated rings. The van der Waals surface area contributed by atoms with Gasteiger partial charge in [-0.2, -0.15) is 0 Å². The second-order valence-corrected chi connectivity index (χ2v) is 7.41. The first-order chi connectivity index (χ1) is 13.3. The predicted octanol–water partition coefficient (Wildman–Crippen LogP) is 3.95. The first-order valence-electron chi connectivity index (χ1n) is 9.28. The number of aliphatic carboxylic acids is 1. The van der Waals surface area contributed by atoms with Gasteiger partial charge in [0, 0.05) is 0 Å². The highest BCUT2D eigenvalue weighted by atomic mass is 19.4. The van der Waals surface area contributed by atoms with E-state index in [-0.39, 0.29) is 12.2 Å². The fourth-order valence-electron chi connectivity index (χ4n) is 2.99. The molecule has 1 rings (SSSR count). The van der Waals surface area contributed by atoms with Crippen LogP contribution in [0, 0.1) is 11.8 Å². The van der Waals surface area contributed by atoms with E-state index in [0.717, 1.165) is 0 Å². The van der Waals surface area contributed by atoms with Crippen molar-refractivity contribution >= 4 is 11.9 Å². The van der Waals surface area contributed by atoms with Crippen LogP contribution in [0.1, 0.15) is 46.1 Å². The van der Waals surface area contributed by atoms with Gasteiger partial charge in [-0.25, -0.2) is 4.79 Å². The Hall–Kier alpha value is -2.29. The summed E-state index contributed by atoms with van der Waals surface area (Å²) in [5.41, 5.74) is -1.53. The quantitative estimate of drug-likeness (QED) is 0.557. The molecule has 0 aliphatic carbocycles. The molecule has 0 bridgehead atoms. The van der Waals surface area contributed by atoms with Crippen molar-refractivity contribution in [3.8, 4) is 5.75 Å². The van der Waals surface area contributed by atoms with Crippen LogP contribution in [0.2, 0.25) is 0 Å². The van der Waals surface area contributed by atoms with Crippen molar-refractivity contribution in [2.75, 3.05) is 0 Å². The van der Waals surface area contributed by atoms with Crippen molar-refractivity contribution in [2.45, 2.75) is 65.0 Å². The fraction of sp³-hybridized carbons (Fsp3) is 0.600. The van der Waals surface area contributed by atoms with Crippen LogP contribution in [0.15, 0.2) is 24.3 Å². The second-order valence-electron chi connectivity index (χ2n) is 7.41. The standard InChI is InChI=1S/C20H27F3O6/c1-12(2)19(27,18(26)28-13(3)4)16(17(24)25)7-5-6-14-8-10-15(11-9-14)29-20(21,22)23/h8-13,16,27H,5-7H2,1-4H3,(H,24,25)/t16-,19-/m0/s1. The topological polar surface area (TPSA) is 93.1 Å². The van der Waals surface area contributed by atoms with E-state index >= 15 is 0 Å². The molecule has 0 spiro atoms. The molecule has 2 N–H and O–H groups in total. The number of ether oxygens (including phenoxy) is 2. The Morgan fingerprint density at radius 1 is 1.07 bits per heavy atom. The summed E-state index contributed by atoms with van der Waals surface area (Å²) in [6, 6.07) is 5.22. The number of alkyl halides is 3. The molecule has 0 unspecified atom stereocenters. The van der Waals surface area contributed by atoms with Gasteiger partial charge in [0.05, 0.1) is 12.0 Å². The summed E-state index contributed by atoms with van der Waals surface area (Å²) >= 11 is 0. The number of hydrogen-bond donors (Lipinski definition) is 2. The molecule has 1 aromatic rings. The lowest BCUT2D eigenvalue weighted by Crippen LogP contribution is -2.54. The highest BCUT2D eigenvalue weighted by molar-refractivity contribution is 5.87. The number of aryl methyl sites for hydroxylation is 1. The van der Waals surface area contributed by atoms with Gasteiger partial charge in [0.15, 0.2) is 5.60 Å². The zero-order valence-electron chi connectivity index (χ0n) is 16.8. The molecule has 1 aromatic carbocycles. The number of carbonyl (C=O) groups excluding carboxylic acids is 1. The maximum Gasteiger partial charge on any atom is 0.573 e. The average Bonchev–Trinajstić information content (AvgIpc) is 2.57. The van der Waals surface area contributed by atoms with Crippen LogP contribution in [0.5, 0.6) is 5.75 Å². The third-order valence-corrected chi connectivity index (χ3v) is 4.49. The van der Waals surface area contributed by atoms with Gasteiger partial charge in [-0.1, -0.05) is 26.0 Å². The number of halogens is 3. The van der Waals surface area contributed by atoms with E-state index in [9.17, 15) is 33.0 Å². The number of carboxylic acids is 1. The van der Waals surface area contributed by atoms with Gasteiger partial charge in [0.2, 0.25) is 0 Å². The zero-order chi connectivity index (χ0) is 22.4. The molecule has 0 saturated heterocycles. The molecule has 29 heavy (non-hydrogen) atoms. The summed E-state index contributed by atoms with van der Waals surface area (Å²) in [6.07, 6.45) is -4.66. The third kappa shape index (κ3) is 7.23. The largest absolute Gasteiger partial charge is 0.573 e. The summed E-state index contributed by atoms with van der Waals surface area (Å²) < 4.78 is 45.4. The summed E-state index contributed by atoms with van der Waals surface area (Å²) in [7, 11) is 0. The fourth-order valence-corrected chi connectivity index (χ4v) is 2.99. The Morgan fingerprint density at radius 2 is 1.62 bits per heavy atom. The SMILES string of the molecule is CC(C)OC(=O)[C@](O)(C(C)C)[C@@H](CCCc1ccc(OC(F)(F)F)cc1)C(=O)O. The number of aliphatic hydroxyl groups is 1. The molecule has 9 heteroatoms. The lowest BCUT2D eigenvalue weighted by molar-refractivity contribution is -0.274. The van der Waals surface area contributed by atoms with Gasteiger partial charge >= 0.3 is 18.3 Å². The van der Waals surface area contributed by atoms with Gasteiger partial charge in [-0.3, -0.25) is 4.79 Å². The van der Waals surface area contributed by atoms with Crippen LogP contribution in [0.25, 0.3) is 0 Å². The van der Waals surface area contributed by atoms with Gasteiger partial charge in [-0.15, -0.1) is 13.2 Å². The third-order valence-electron chi connectivity index (χ3n) is 4.49. The van der Waals surface area contributed by atoms with Crippen molar-refractivity contribution in [1.82, 2.24) is 0 Å². The first kappa shape index (κ1) is 24.7. The van der Waals surface area contributed by atoms with Crippen molar-refractivity contribution in [3.05, 3.63) is 29.8 Å². The zero-order valence-corrected chi connectivity index (χ0v) is 16.8. The van der Waals surface area contributed by atoms with Gasteiger partial charge in [0.1, 0.15) is 5.75 Å². The lowest BCUT2D eigenvalue weighted by Gasteiger charge is -2.35. The minimum atomic E-state index is -4.78. The van der Waals surface area contributed by atoms with E-state index < -0.39 is 41.8 Å². The van der Waals surface area contributed by atoms with Crippen LogP contribution in [-0.4, -0.2) is 40.2 Å². The molecule has 2 atom stereocenters. The Kier molecular flexibility index (Phi) is 8.50. The van der Waals surface area contributed by atoms with E-state index in [1.165, 1.54) is 38.1 Å². The number of esters is 1. The number of hydrogen-bond acceptors (Lipinski definition) is 5. The van der Waals surface area contributed by atoms with E-state index in [0.29, 0.717) is 18.4 Å². The van der Waals surface area contributed by atoms with Gasteiger partial charge in [0.25, 0.3) is 0 Å². The average molecular weight is 420 g/mol. The summed E-state index contributed by atoms with van der Waals surface area (Å²) in [6.45, 7) is 6.27. The first-order valence-corrected chi connectivity index (χ1v) is 9.28. The number of rotatable bonds is 10. The van der Waals surface area contributed by atoms with Crippen LogP contribution in [0.3, 0.4) is 0 Å². The number of carboxylic acid groups (broad SMARTS) is 1. The molecule has 0 heterocycles. The van der Waals surface area contributed by atoms with E-state index in [1.54, 1.807) is 13.8 Å². The van der Waals surface area contributed by atoms with Gasteiger partial charge < -0.3 is 19.7 Å². The van der Waals surface area contributed by atoms with Crippen molar-refractivity contribution < 1.29 is 42.4 Å². The van der Waals surface area contributed by atoms with Crippen LogP contribution >= 0.6 is 0 Å². The molecule has 0 radical (unpaired) electrons. The highest BCUT2D eigenvalue weighted by Crippen LogP contribution is 2.33. The number of carbonyl (C=O) groups is 2. The molecule has 0 aliphatic rings. The maximum absolute atomic E-state index is 12.4. The highest BCUT2D eigenvalue weighted by Gasteiger charge is 2.51. The molecule has 0 aromatic heterocycles. The molecule has 164 valence electrons. The van der Waals surface area contributed by atoms with Crippen LogP contribution < -0.4 is 4.74 Å². The molecule has 0 aliphatic heterocycles. The second kappa shape index (κ2) is 9.96. The van der Waals surface area contributed by atoms with E-state index in [4.69, 9.17) is 4.74 Å². The van der Waals surface area contributed by atoms with Crippen LogP contribution in [-0.2, 0) is 20.7 Å². The minimum Gasteiger partial charge on any atom is -0.481 e. The van der Waals surface area contributed by atoms with E-state index in [1.807, 2.05) is 0 Å². The summed E-state index contributed by atoms with van der Waals surface area (Å²) in [5, 5.41) is 20.5.